The summed E-state index contributed by atoms with van der Waals surface area (Å²) in [7, 11) is 0. The second-order valence-electron chi connectivity index (χ2n) is 10.4. The first-order valence-electron chi connectivity index (χ1n) is 12.1. The second-order valence-corrected chi connectivity index (χ2v) is 11.2. The number of nitrogens with one attached hydrogen (secondary N) is 3. The molecule has 5 heterocycles. The van der Waals surface area contributed by atoms with Crippen molar-refractivity contribution >= 4 is 44.9 Å². The van der Waals surface area contributed by atoms with E-state index in [1.54, 1.807) is 29.9 Å². The Labute approximate surface area is 218 Å². The third-order valence-corrected chi connectivity index (χ3v) is 6.90. The van der Waals surface area contributed by atoms with Crippen molar-refractivity contribution in [3.63, 3.8) is 0 Å². The molecule has 3 N–H and O–H groups in total. The molecule has 0 fully saturated rings. The van der Waals surface area contributed by atoms with Crippen LogP contribution in [0.25, 0.3) is 55.6 Å². The van der Waals surface area contributed by atoms with E-state index in [9.17, 15) is 4.79 Å². The molecule has 0 spiro atoms. The molecule has 184 valence electrons. The number of anilines is 1. The number of fused-ring (bicyclic) bond motifs is 2. The number of aromatic nitrogens is 5. The second kappa shape index (κ2) is 8.97. The highest BCUT2D eigenvalue weighted by Gasteiger charge is 2.17. The van der Waals surface area contributed by atoms with Crippen LogP contribution in [0.2, 0.25) is 0 Å². The number of H-pyrrole nitrogens is 2. The maximum absolute atomic E-state index is 12.4. The van der Waals surface area contributed by atoms with E-state index >= 15 is 0 Å². The average Bonchev–Trinajstić information content (AvgIpc) is 3.61. The van der Waals surface area contributed by atoms with Crippen LogP contribution in [0.4, 0.5) is 5.69 Å². The van der Waals surface area contributed by atoms with E-state index in [0.29, 0.717) is 17.8 Å². The number of rotatable bonds is 5. The minimum absolute atomic E-state index is 0.0298. The van der Waals surface area contributed by atoms with Gasteiger partial charge in [0.2, 0.25) is 5.91 Å². The van der Waals surface area contributed by atoms with Crippen LogP contribution in [0.3, 0.4) is 0 Å². The molecule has 0 radical (unpaired) electrons. The predicted molar refractivity (Wildman–Crippen MR) is 150 cm³/mol. The highest BCUT2D eigenvalue weighted by atomic mass is 32.1. The number of carbonyl (C=O) groups excluding carboxylic acids is 1. The van der Waals surface area contributed by atoms with Gasteiger partial charge >= 0.3 is 0 Å². The normalized spacial score (nSPS) is 11.9. The van der Waals surface area contributed by atoms with Gasteiger partial charge in [0.1, 0.15) is 0 Å². The molecule has 5 aromatic heterocycles. The van der Waals surface area contributed by atoms with Gasteiger partial charge in [-0.05, 0) is 57.6 Å². The lowest BCUT2D eigenvalue weighted by atomic mass is 9.92. The highest BCUT2D eigenvalue weighted by Crippen LogP contribution is 2.35. The van der Waals surface area contributed by atoms with Crippen molar-refractivity contribution in [3.05, 3.63) is 71.8 Å². The number of thiophene rings is 1. The first-order valence-corrected chi connectivity index (χ1v) is 13.0. The van der Waals surface area contributed by atoms with Crippen LogP contribution >= 0.6 is 11.3 Å². The molecule has 37 heavy (non-hydrogen) atoms. The van der Waals surface area contributed by atoms with Crippen LogP contribution in [-0.2, 0) is 4.79 Å². The van der Waals surface area contributed by atoms with Gasteiger partial charge < -0.3 is 10.3 Å². The third-order valence-electron chi connectivity index (χ3n) is 6.22. The standard InChI is InChI=1S/C29H26N6OS/c1-29(2,3)12-26(36)32-20-9-18(13-30-15-20)19-10-23-27(34-35-28(23)31-14-19)25-11-22-21(17-7-8-37-16-17)5-4-6-24(22)33-25/h4-11,13-16,33H,12H2,1-3H3,(H,32,36)(H,31,34,35). The maximum atomic E-state index is 12.4. The van der Waals surface area contributed by atoms with Gasteiger partial charge in [0.15, 0.2) is 5.65 Å². The average molecular weight is 507 g/mol. The number of amides is 1. The van der Waals surface area contributed by atoms with Gasteiger partial charge in [0.05, 0.1) is 23.3 Å². The molecule has 6 rings (SSSR count). The summed E-state index contributed by atoms with van der Waals surface area (Å²) in [5, 5.41) is 16.9. The molecule has 0 bridgehead atoms. The van der Waals surface area contributed by atoms with Crippen LogP contribution in [0.1, 0.15) is 27.2 Å². The summed E-state index contributed by atoms with van der Waals surface area (Å²) in [6.45, 7) is 6.13. The predicted octanol–water partition coefficient (Wildman–Crippen LogP) is 7.27. The summed E-state index contributed by atoms with van der Waals surface area (Å²) < 4.78 is 0. The smallest absolute Gasteiger partial charge is 0.224 e. The Balaban J connectivity index is 1.36. The van der Waals surface area contributed by atoms with Crippen molar-refractivity contribution in [2.45, 2.75) is 27.2 Å². The first-order chi connectivity index (χ1) is 17.8. The Morgan fingerprint density at radius 2 is 1.86 bits per heavy atom. The SMILES string of the molecule is CC(C)(C)CC(=O)Nc1cncc(-c2cnc3n[nH]c(-c4cc5c(-c6ccsc6)cccc5[nH]4)c3c2)c1. The molecule has 0 saturated carbocycles. The molecule has 7 nitrogen and oxygen atoms in total. The van der Waals surface area contributed by atoms with Gasteiger partial charge in [0, 0.05) is 46.2 Å². The van der Waals surface area contributed by atoms with Crippen molar-refractivity contribution in [2.75, 3.05) is 5.32 Å². The van der Waals surface area contributed by atoms with Gasteiger partial charge in [-0.2, -0.15) is 16.4 Å². The molecule has 8 heteroatoms. The van der Waals surface area contributed by atoms with Crippen molar-refractivity contribution in [3.8, 4) is 33.6 Å². The topological polar surface area (TPSA) is 99.3 Å². The van der Waals surface area contributed by atoms with E-state index in [4.69, 9.17) is 0 Å². The van der Waals surface area contributed by atoms with Crippen molar-refractivity contribution in [1.82, 2.24) is 25.1 Å². The number of nitrogens with zero attached hydrogens (tertiary/aromatic N) is 3. The van der Waals surface area contributed by atoms with Crippen molar-refractivity contribution < 1.29 is 4.79 Å². The molecular formula is C29H26N6OS. The van der Waals surface area contributed by atoms with Gasteiger partial charge in [-0.15, -0.1) is 0 Å². The minimum Gasteiger partial charge on any atom is -0.353 e. The van der Waals surface area contributed by atoms with Crippen LogP contribution in [0.15, 0.2) is 71.8 Å². The molecule has 0 aliphatic carbocycles. The molecule has 1 amide bonds. The fourth-order valence-electron chi connectivity index (χ4n) is 4.58. The summed E-state index contributed by atoms with van der Waals surface area (Å²) in [5.74, 6) is -0.0298. The van der Waals surface area contributed by atoms with Gasteiger partial charge in [-0.1, -0.05) is 32.9 Å². The highest BCUT2D eigenvalue weighted by molar-refractivity contribution is 7.08. The monoisotopic (exact) mass is 506 g/mol. The zero-order valence-electron chi connectivity index (χ0n) is 20.8. The van der Waals surface area contributed by atoms with Crippen LogP contribution in [0, 0.1) is 5.41 Å². The van der Waals surface area contributed by atoms with E-state index in [0.717, 1.165) is 38.8 Å². The molecular weight excluding hydrogens is 480 g/mol. The fraction of sp³-hybridized carbons (Fsp3) is 0.172. The molecule has 6 aromatic rings. The number of benzene rings is 1. The molecule has 1 aromatic carbocycles. The summed E-state index contributed by atoms with van der Waals surface area (Å²) in [5.41, 5.74) is 8.26. The number of aromatic amines is 2. The Morgan fingerprint density at radius 3 is 2.68 bits per heavy atom. The zero-order valence-corrected chi connectivity index (χ0v) is 21.6. The van der Waals surface area contributed by atoms with Gasteiger partial charge in [-0.3, -0.25) is 14.9 Å². The molecule has 0 saturated heterocycles. The third kappa shape index (κ3) is 4.63. The maximum Gasteiger partial charge on any atom is 0.224 e. The lowest BCUT2D eigenvalue weighted by Crippen LogP contribution is -2.19. The van der Waals surface area contributed by atoms with E-state index in [2.05, 4.69) is 77.6 Å². The Morgan fingerprint density at radius 1 is 1.00 bits per heavy atom. The van der Waals surface area contributed by atoms with Crippen LogP contribution in [0.5, 0.6) is 0 Å². The summed E-state index contributed by atoms with van der Waals surface area (Å²) in [4.78, 5) is 24.9. The molecule has 0 aliphatic rings. The van der Waals surface area contributed by atoms with Crippen LogP contribution in [-0.4, -0.2) is 31.1 Å². The van der Waals surface area contributed by atoms with Crippen molar-refractivity contribution in [1.29, 1.82) is 0 Å². The summed E-state index contributed by atoms with van der Waals surface area (Å²) in [6, 6.07) is 14.6. The van der Waals surface area contributed by atoms with E-state index in [-0.39, 0.29) is 11.3 Å². The number of pyridine rings is 2. The fourth-order valence-corrected chi connectivity index (χ4v) is 5.23. The summed E-state index contributed by atoms with van der Waals surface area (Å²) in [6.07, 6.45) is 5.65. The molecule has 0 atom stereocenters. The van der Waals surface area contributed by atoms with Crippen LogP contribution < -0.4 is 5.32 Å². The Bertz CT molecular complexity index is 1740. The number of hydrogen-bond donors (Lipinski definition) is 3. The molecule has 0 unspecified atom stereocenters. The van der Waals surface area contributed by atoms with E-state index < -0.39 is 0 Å². The Kier molecular flexibility index (Phi) is 5.61. The molecule has 0 aliphatic heterocycles. The number of carbonyl (C=O) groups is 1. The quantitative estimate of drug-likeness (QED) is 0.229. The largest absolute Gasteiger partial charge is 0.353 e. The van der Waals surface area contributed by atoms with Gasteiger partial charge in [-0.25, -0.2) is 4.98 Å². The Hall–Kier alpha value is -4.30. The lowest BCUT2D eigenvalue weighted by Gasteiger charge is -2.17. The van der Waals surface area contributed by atoms with E-state index in [1.165, 1.54) is 11.1 Å². The number of hydrogen-bond acceptors (Lipinski definition) is 5. The summed E-state index contributed by atoms with van der Waals surface area (Å²) >= 11 is 1.69. The van der Waals surface area contributed by atoms with Crippen molar-refractivity contribution in [2.24, 2.45) is 5.41 Å². The van der Waals surface area contributed by atoms with Gasteiger partial charge in [0.25, 0.3) is 0 Å². The minimum atomic E-state index is -0.0884. The zero-order chi connectivity index (χ0) is 25.6. The lowest BCUT2D eigenvalue weighted by molar-refractivity contribution is -0.117. The van der Waals surface area contributed by atoms with E-state index in [1.807, 2.05) is 26.8 Å². The first kappa shape index (κ1) is 23.1.